The van der Waals surface area contributed by atoms with Crippen molar-refractivity contribution in [3.8, 4) is 5.75 Å². The first-order chi connectivity index (χ1) is 12.4. The van der Waals surface area contributed by atoms with E-state index in [0.717, 1.165) is 5.56 Å². The second-order valence-corrected chi connectivity index (χ2v) is 6.48. The minimum absolute atomic E-state index is 0.0265. The second kappa shape index (κ2) is 7.27. The van der Waals surface area contributed by atoms with Gasteiger partial charge in [-0.3, -0.25) is 19.8 Å². The van der Waals surface area contributed by atoms with E-state index < -0.39 is 11.8 Å². The first-order valence-electron chi connectivity index (χ1n) is 7.72. The van der Waals surface area contributed by atoms with Gasteiger partial charge in [-0.25, -0.2) is 0 Å². The fourth-order valence-electron chi connectivity index (χ4n) is 2.60. The van der Waals surface area contributed by atoms with E-state index in [1.807, 2.05) is 25.1 Å². The molecule has 7 heteroatoms. The number of methoxy groups -OCH3 is 1. The normalized spacial score (nSPS) is 16.0. The molecule has 0 saturated carbocycles. The Morgan fingerprint density at radius 2 is 1.96 bits per heavy atom. The summed E-state index contributed by atoms with van der Waals surface area (Å²) >= 11 is 11.3. The summed E-state index contributed by atoms with van der Waals surface area (Å²) in [6, 6.07) is 12.3. The summed E-state index contributed by atoms with van der Waals surface area (Å²) in [5, 5.41) is 2.99. The van der Waals surface area contributed by atoms with E-state index in [1.54, 1.807) is 24.3 Å². The van der Waals surface area contributed by atoms with E-state index in [9.17, 15) is 9.59 Å². The van der Waals surface area contributed by atoms with Crippen molar-refractivity contribution in [2.45, 2.75) is 6.92 Å². The van der Waals surface area contributed by atoms with E-state index in [0.29, 0.717) is 22.0 Å². The molecule has 2 amide bonds. The molecule has 0 aliphatic carbocycles. The Morgan fingerprint density at radius 3 is 2.62 bits per heavy atom. The molecule has 1 N–H and O–H groups in total. The van der Waals surface area contributed by atoms with Crippen molar-refractivity contribution in [1.29, 1.82) is 0 Å². The van der Waals surface area contributed by atoms with Gasteiger partial charge in [0.1, 0.15) is 11.3 Å². The molecule has 0 atom stereocenters. The summed E-state index contributed by atoms with van der Waals surface area (Å²) < 4.78 is 5.11. The molecule has 0 aromatic heterocycles. The standard InChI is InChI=1S/C19H15ClN2O3S/c1-11-4-3-5-13(8-11)22-18(24)14(17(23)21-19(22)26)9-12-6-7-16(25-2)15(20)10-12/h3-10H,1-2H3,(H,21,23,26). The van der Waals surface area contributed by atoms with Crippen LogP contribution >= 0.6 is 23.8 Å². The van der Waals surface area contributed by atoms with Crippen molar-refractivity contribution in [2.75, 3.05) is 12.0 Å². The lowest BCUT2D eigenvalue weighted by Crippen LogP contribution is -2.54. The molecule has 5 nitrogen and oxygen atoms in total. The SMILES string of the molecule is COc1ccc(C=C2C(=O)NC(=S)N(c3cccc(C)c3)C2=O)cc1Cl. The van der Waals surface area contributed by atoms with Gasteiger partial charge in [-0.15, -0.1) is 0 Å². The third-order valence-corrected chi connectivity index (χ3v) is 4.43. The van der Waals surface area contributed by atoms with Gasteiger partial charge in [0.05, 0.1) is 17.8 Å². The molecule has 0 unspecified atom stereocenters. The highest BCUT2D eigenvalue weighted by molar-refractivity contribution is 7.80. The van der Waals surface area contributed by atoms with Gasteiger partial charge >= 0.3 is 0 Å². The number of hydrogen-bond donors (Lipinski definition) is 1. The van der Waals surface area contributed by atoms with Crippen molar-refractivity contribution in [2.24, 2.45) is 0 Å². The summed E-state index contributed by atoms with van der Waals surface area (Å²) in [7, 11) is 1.51. The van der Waals surface area contributed by atoms with Crippen LogP contribution in [0.15, 0.2) is 48.0 Å². The third kappa shape index (κ3) is 3.47. The number of hydrogen-bond acceptors (Lipinski definition) is 4. The summed E-state index contributed by atoms with van der Waals surface area (Å²) in [6.45, 7) is 1.91. The van der Waals surface area contributed by atoms with E-state index in [1.165, 1.54) is 18.1 Å². The molecule has 1 aliphatic heterocycles. The lowest BCUT2D eigenvalue weighted by molar-refractivity contribution is -0.122. The van der Waals surface area contributed by atoms with Crippen LogP contribution in [0.2, 0.25) is 5.02 Å². The van der Waals surface area contributed by atoms with Gasteiger partial charge in [-0.1, -0.05) is 29.8 Å². The zero-order valence-corrected chi connectivity index (χ0v) is 15.6. The maximum absolute atomic E-state index is 12.9. The van der Waals surface area contributed by atoms with Crippen molar-refractivity contribution in [1.82, 2.24) is 5.32 Å². The predicted molar refractivity (Wildman–Crippen MR) is 105 cm³/mol. The number of thiocarbonyl (C=S) groups is 1. The first kappa shape index (κ1) is 18.1. The van der Waals surface area contributed by atoms with Crippen molar-refractivity contribution in [3.05, 3.63) is 64.2 Å². The van der Waals surface area contributed by atoms with Crippen LogP contribution in [-0.2, 0) is 9.59 Å². The molecule has 26 heavy (non-hydrogen) atoms. The third-order valence-electron chi connectivity index (χ3n) is 3.85. The number of ether oxygens (including phenoxy) is 1. The van der Waals surface area contributed by atoms with Crippen LogP contribution in [0.5, 0.6) is 5.75 Å². The van der Waals surface area contributed by atoms with Gasteiger partial charge < -0.3 is 4.74 Å². The van der Waals surface area contributed by atoms with Gasteiger partial charge in [0.2, 0.25) is 0 Å². The van der Waals surface area contributed by atoms with E-state index >= 15 is 0 Å². The molecule has 1 saturated heterocycles. The fourth-order valence-corrected chi connectivity index (χ4v) is 3.15. The number of aryl methyl sites for hydroxylation is 1. The number of amides is 2. The molecule has 2 aromatic rings. The van der Waals surface area contributed by atoms with Crippen LogP contribution in [0.1, 0.15) is 11.1 Å². The largest absolute Gasteiger partial charge is 0.495 e. The van der Waals surface area contributed by atoms with E-state index in [2.05, 4.69) is 5.32 Å². The van der Waals surface area contributed by atoms with Crippen LogP contribution in [0.25, 0.3) is 6.08 Å². The Labute approximate surface area is 161 Å². The minimum Gasteiger partial charge on any atom is -0.495 e. The molecule has 0 radical (unpaired) electrons. The molecule has 0 bridgehead atoms. The van der Waals surface area contributed by atoms with E-state index in [-0.39, 0.29) is 10.7 Å². The highest BCUT2D eigenvalue weighted by Crippen LogP contribution is 2.27. The van der Waals surface area contributed by atoms with Gasteiger partial charge in [-0.05, 0) is 60.6 Å². The first-order valence-corrected chi connectivity index (χ1v) is 8.51. The monoisotopic (exact) mass is 386 g/mol. The number of nitrogens with zero attached hydrogens (tertiary/aromatic N) is 1. The molecule has 1 aliphatic rings. The highest BCUT2D eigenvalue weighted by Gasteiger charge is 2.34. The molecule has 2 aromatic carbocycles. The Balaban J connectivity index is 2.01. The Bertz CT molecular complexity index is 956. The van der Waals surface area contributed by atoms with Crippen molar-refractivity contribution in [3.63, 3.8) is 0 Å². The van der Waals surface area contributed by atoms with Crippen LogP contribution in [-0.4, -0.2) is 24.0 Å². The van der Waals surface area contributed by atoms with Crippen LogP contribution in [0.3, 0.4) is 0 Å². The molecule has 132 valence electrons. The second-order valence-electron chi connectivity index (χ2n) is 5.69. The van der Waals surface area contributed by atoms with Crippen LogP contribution in [0.4, 0.5) is 5.69 Å². The molecule has 1 heterocycles. The van der Waals surface area contributed by atoms with Crippen molar-refractivity contribution < 1.29 is 14.3 Å². The smallest absolute Gasteiger partial charge is 0.270 e. The van der Waals surface area contributed by atoms with Gasteiger partial charge in [0, 0.05) is 0 Å². The van der Waals surface area contributed by atoms with Gasteiger partial charge in [-0.2, -0.15) is 0 Å². The molecule has 3 rings (SSSR count). The average molecular weight is 387 g/mol. The number of carbonyl (C=O) groups excluding carboxylic acids is 2. The van der Waals surface area contributed by atoms with Crippen molar-refractivity contribution >= 4 is 52.5 Å². The topological polar surface area (TPSA) is 58.6 Å². The number of anilines is 1. The Kier molecular flexibility index (Phi) is 5.06. The van der Waals surface area contributed by atoms with E-state index in [4.69, 9.17) is 28.6 Å². The van der Waals surface area contributed by atoms with Gasteiger partial charge in [0.15, 0.2) is 5.11 Å². The number of halogens is 1. The lowest BCUT2D eigenvalue weighted by atomic mass is 10.1. The number of nitrogens with one attached hydrogen (secondary N) is 1. The quantitative estimate of drug-likeness (QED) is 0.498. The summed E-state index contributed by atoms with van der Waals surface area (Å²) in [4.78, 5) is 26.5. The number of carbonyl (C=O) groups is 2. The van der Waals surface area contributed by atoms with Crippen LogP contribution in [0, 0.1) is 6.92 Å². The zero-order valence-electron chi connectivity index (χ0n) is 14.1. The molecule has 1 fully saturated rings. The maximum atomic E-state index is 12.9. The number of benzene rings is 2. The zero-order chi connectivity index (χ0) is 18.8. The molecular formula is C19H15ClN2O3S. The summed E-state index contributed by atoms with van der Waals surface area (Å²) in [6.07, 6.45) is 1.48. The minimum atomic E-state index is -0.546. The highest BCUT2D eigenvalue weighted by atomic mass is 35.5. The predicted octanol–water partition coefficient (Wildman–Crippen LogP) is 3.49. The van der Waals surface area contributed by atoms with Gasteiger partial charge in [0.25, 0.3) is 11.8 Å². The molecular weight excluding hydrogens is 372 g/mol. The van der Waals surface area contributed by atoms with Crippen LogP contribution < -0.4 is 15.0 Å². The summed E-state index contributed by atoms with van der Waals surface area (Å²) in [5.41, 5.74) is 2.15. The Morgan fingerprint density at radius 1 is 1.19 bits per heavy atom. The average Bonchev–Trinajstić information content (AvgIpc) is 2.58. The fraction of sp³-hybridized carbons (Fsp3) is 0.105. The molecule has 0 spiro atoms. The summed E-state index contributed by atoms with van der Waals surface area (Å²) in [5.74, 6) is -0.525. The lowest BCUT2D eigenvalue weighted by Gasteiger charge is -2.29. The number of rotatable bonds is 3. The maximum Gasteiger partial charge on any atom is 0.270 e. The Hall–Kier alpha value is -2.70.